The molecule has 0 bridgehead atoms. The minimum absolute atomic E-state index is 0.184. The van der Waals surface area contributed by atoms with Crippen molar-refractivity contribution in [3.05, 3.63) is 40.8 Å². The van der Waals surface area contributed by atoms with Gasteiger partial charge < -0.3 is 0 Å². The van der Waals surface area contributed by atoms with E-state index in [4.69, 9.17) is 0 Å². The molecule has 1 N–H and O–H groups in total. The van der Waals surface area contributed by atoms with Gasteiger partial charge in [0, 0.05) is 10.3 Å². The van der Waals surface area contributed by atoms with Gasteiger partial charge in [-0.2, -0.15) is 0 Å². The van der Waals surface area contributed by atoms with Crippen LogP contribution in [-0.2, 0) is 9.59 Å². The standard InChI is InChI=1S/C13H9NO2S/c15-12-6-8(13(16)14-12)5-9-7-17-11-4-2-1-3-10(9)11/h1-5,7H,6H2,(H,14,15,16). The zero-order valence-electron chi connectivity index (χ0n) is 8.90. The largest absolute Gasteiger partial charge is 0.292 e. The van der Waals surface area contributed by atoms with Crippen molar-refractivity contribution in [3.63, 3.8) is 0 Å². The third-order valence-corrected chi connectivity index (χ3v) is 3.72. The van der Waals surface area contributed by atoms with Gasteiger partial charge in [0.05, 0.1) is 6.42 Å². The number of imide groups is 1. The van der Waals surface area contributed by atoms with Crippen LogP contribution >= 0.6 is 11.3 Å². The Morgan fingerprint density at radius 2 is 2.06 bits per heavy atom. The minimum atomic E-state index is -0.273. The maximum Gasteiger partial charge on any atom is 0.254 e. The SMILES string of the molecule is O=C1CC(=Cc2csc3ccccc23)C(=O)N1. The molecule has 1 saturated heterocycles. The van der Waals surface area contributed by atoms with E-state index >= 15 is 0 Å². The third kappa shape index (κ3) is 1.76. The van der Waals surface area contributed by atoms with Gasteiger partial charge in [-0.25, -0.2) is 0 Å². The number of carbonyl (C=O) groups is 2. The summed E-state index contributed by atoms with van der Waals surface area (Å²) in [7, 11) is 0. The van der Waals surface area contributed by atoms with Crippen LogP contribution in [0.5, 0.6) is 0 Å². The molecule has 0 aliphatic carbocycles. The van der Waals surface area contributed by atoms with Crippen molar-refractivity contribution in [2.24, 2.45) is 0 Å². The number of amides is 2. The molecule has 2 amide bonds. The lowest BCUT2D eigenvalue weighted by atomic mass is 10.1. The molecule has 1 aromatic heterocycles. The van der Waals surface area contributed by atoms with E-state index in [2.05, 4.69) is 5.32 Å². The van der Waals surface area contributed by atoms with Gasteiger partial charge in [-0.05, 0) is 28.5 Å². The van der Waals surface area contributed by atoms with Crippen molar-refractivity contribution < 1.29 is 9.59 Å². The van der Waals surface area contributed by atoms with Crippen LogP contribution in [0.1, 0.15) is 12.0 Å². The highest BCUT2D eigenvalue weighted by molar-refractivity contribution is 7.17. The van der Waals surface area contributed by atoms with E-state index < -0.39 is 0 Å². The van der Waals surface area contributed by atoms with E-state index in [0.29, 0.717) is 5.57 Å². The molecule has 1 aliphatic rings. The Hall–Kier alpha value is -1.94. The van der Waals surface area contributed by atoms with Crippen LogP contribution in [0, 0.1) is 0 Å². The molecule has 0 atom stereocenters. The average molecular weight is 243 g/mol. The molecule has 4 heteroatoms. The molecule has 2 heterocycles. The molecular formula is C13H9NO2S. The van der Waals surface area contributed by atoms with E-state index in [-0.39, 0.29) is 18.2 Å². The molecule has 0 saturated carbocycles. The zero-order chi connectivity index (χ0) is 11.8. The summed E-state index contributed by atoms with van der Waals surface area (Å²) in [6.45, 7) is 0. The van der Waals surface area contributed by atoms with Gasteiger partial charge >= 0.3 is 0 Å². The Kier molecular flexibility index (Phi) is 2.30. The van der Waals surface area contributed by atoms with Gasteiger partial charge in [0.15, 0.2) is 0 Å². The lowest BCUT2D eigenvalue weighted by molar-refractivity contribution is -0.124. The monoisotopic (exact) mass is 243 g/mol. The first-order valence-electron chi connectivity index (χ1n) is 5.25. The summed E-state index contributed by atoms with van der Waals surface area (Å²) >= 11 is 1.64. The number of hydrogen-bond donors (Lipinski definition) is 1. The fourth-order valence-electron chi connectivity index (χ4n) is 1.92. The number of rotatable bonds is 1. The average Bonchev–Trinajstić information content (AvgIpc) is 2.85. The normalized spacial score (nSPS) is 18.0. The van der Waals surface area contributed by atoms with Crippen molar-refractivity contribution in [1.82, 2.24) is 5.32 Å². The molecule has 0 unspecified atom stereocenters. The molecule has 3 rings (SSSR count). The second-order valence-electron chi connectivity index (χ2n) is 3.91. The number of benzene rings is 1. The Labute approximate surface area is 102 Å². The number of carbonyl (C=O) groups excluding carboxylic acids is 2. The maximum atomic E-state index is 11.5. The molecule has 1 aromatic carbocycles. The summed E-state index contributed by atoms with van der Waals surface area (Å²) < 4.78 is 1.18. The van der Waals surface area contributed by atoms with Gasteiger partial charge in [-0.1, -0.05) is 18.2 Å². The molecular weight excluding hydrogens is 234 g/mol. The first kappa shape index (κ1) is 10.2. The van der Waals surface area contributed by atoms with Crippen molar-refractivity contribution in [1.29, 1.82) is 0 Å². The van der Waals surface area contributed by atoms with Crippen molar-refractivity contribution in [3.8, 4) is 0 Å². The van der Waals surface area contributed by atoms with Crippen LogP contribution in [-0.4, -0.2) is 11.8 Å². The Morgan fingerprint density at radius 3 is 2.82 bits per heavy atom. The van der Waals surface area contributed by atoms with Gasteiger partial charge in [0.25, 0.3) is 5.91 Å². The molecule has 1 aliphatic heterocycles. The number of hydrogen-bond acceptors (Lipinski definition) is 3. The lowest BCUT2D eigenvalue weighted by Gasteiger charge is -1.93. The summed E-state index contributed by atoms with van der Waals surface area (Å²) in [6.07, 6.45) is 1.99. The number of fused-ring (bicyclic) bond motifs is 1. The van der Waals surface area contributed by atoms with E-state index in [1.165, 1.54) is 4.70 Å². The Bertz CT molecular complexity index is 654. The van der Waals surface area contributed by atoms with Gasteiger partial charge in [-0.3, -0.25) is 14.9 Å². The first-order valence-corrected chi connectivity index (χ1v) is 6.13. The maximum absolute atomic E-state index is 11.5. The van der Waals surface area contributed by atoms with Crippen molar-refractivity contribution >= 4 is 39.3 Å². The Morgan fingerprint density at radius 1 is 1.24 bits per heavy atom. The lowest BCUT2D eigenvalue weighted by Crippen LogP contribution is -2.19. The van der Waals surface area contributed by atoms with Crippen molar-refractivity contribution in [2.45, 2.75) is 6.42 Å². The summed E-state index contributed by atoms with van der Waals surface area (Å²) in [5.41, 5.74) is 1.55. The molecule has 84 valence electrons. The zero-order valence-corrected chi connectivity index (χ0v) is 9.71. The van der Waals surface area contributed by atoms with Crippen LogP contribution in [0.15, 0.2) is 35.2 Å². The molecule has 0 radical (unpaired) electrons. The van der Waals surface area contributed by atoms with Crippen LogP contribution in [0.4, 0.5) is 0 Å². The molecule has 1 fully saturated rings. The van der Waals surface area contributed by atoms with E-state index in [1.807, 2.05) is 29.6 Å². The quantitative estimate of drug-likeness (QED) is 0.617. The predicted octanol–water partition coefficient (Wildman–Crippen LogP) is 2.33. The minimum Gasteiger partial charge on any atom is -0.292 e. The van der Waals surface area contributed by atoms with Crippen LogP contribution in [0.2, 0.25) is 0 Å². The second kappa shape index (κ2) is 3.82. The van der Waals surface area contributed by atoms with Crippen LogP contribution in [0.25, 0.3) is 16.2 Å². The smallest absolute Gasteiger partial charge is 0.254 e. The fourth-order valence-corrected chi connectivity index (χ4v) is 2.84. The summed E-state index contributed by atoms with van der Waals surface area (Å²) in [5, 5.41) is 5.41. The van der Waals surface area contributed by atoms with Gasteiger partial charge in [-0.15, -0.1) is 11.3 Å². The van der Waals surface area contributed by atoms with Gasteiger partial charge in [0.1, 0.15) is 0 Å². The van der Waals surface area contributed by atoms with E-state index in [0.717, 1.165) is 10.9 Å². The highest BCUT2D eigenvalue weighted by atomic mass is 32.1. The van der Waals surface area contributed by atoms with Crippen LogP contribution in [0.3, 0.4) is 0 Å². The molecule has 0 spiro atoms. The van der Waals surface area contributed by atoms with E-state index in [9.17, 15) is 9.59 Å². The third-order valence-electron chi connectivity index (χ3n) is 2.74. The second-order valence-corrected chi connectivity index (χ2v) is 4.82. The van der Waals surface area contributed by atoms with Gasteiger partial charge in [0.2, 0.25) is 5.91 Å². The highest BCUT2D eigenvalue weighted by Crippen LogP contribution is 2.28. The Balaban J connectivity index is 2.08. The first-order chi connectivity index (χ1) is 8.24. The summed E-state index contributed by atoms with van der Waals surface area (Å²) in [5.74, 6) is -0.494. The topological polar surface area (TPSA) is 46.2 Å². The van der Waals surface area contributed by atoms with Crippen LogP contribution < -0.4 is 5.32 Å². The summed E-state index contributed by atoms with van der Waals surface area (Å²) in [6, 6.07) is 8.02. The number of nitrogens with one attached hydrogen (secondary N) is 1. The molecule has 17 heavy (non-hydrogen) atoms. The predicted molar refractivity (Wildman–Crippen MR) is 67.6 cm³/mol. The fraction of sp³-hybridized carbons (Fsp3) is 0.0769. The highest BCUT2D eigenvalue weighted by Gasteiger charge is 2.23. The summed E-state index contributed by atoms with van der Waals surface area (Å²) in [4.78, 5) is 22.5. The van der Waals surface area contributed by atoms with E-state index in [1.54, 1.807) is 17.4 Å². The number of thiophene rings is 1. The molecule has 3 nitrogen and oxygen atoms in total. The van der Waals surface area contributed by atoms with Crippen molar-refractivity contribution in [2.75, 3.05) is 0 Å². The molecule has 2 aromatic rings.